The second-order valence-electron chi connectivity index (χ2n) is 5.10. The second kappa shape index (κ2) is 6.20. The molecule has 1 heterocycles. The van der Waals surface area contributed by atoms with Crippen molar-refractivity contribution in [3.05, 3.63) is 18.0 Å². The van der Waals surface area contributed by atoms with Crippen LogP contribution in [0.3, 0.4) is 0 Å². The fourth-order valence-electron chi connectivity index (χ4n) is 3.02. The van der Waals surface area contributed by atoms with Crippen molar-refractivity contribution >= 4 is 0 Å². The predicted molar refractivity (Wildman–Crippen MR) is 71.2 cm³/mol. The van der Waals surface area contributed by atoms with Gasteiger partial charge in [-0.2, -0.15) is 5.10 Å². The number of rotatable bonds is 5. The molecule has 1 saturated carbocycles. The van der Waals surface area contributed by atoms with Gasteiger partial charge < -0.3 is 5.32 Å². The third-order valence-corrected chi connectivity index (χ3v) is 3.77. The Hall–Kier alpha value is -0.830. The van der Waals surface area contributed by atoms with Crippen LogP contribution in [-0.4, -0.2) is 22.4 Å². The third kappa shape index (κ3) is 3.09. The van der Waals surface area contributed by atoms with Crippen molar-refractivity contribution in [1.29, 1.82) is 0 Å². The van der Waals surface area contributed by atoms with Crippen molar-refractivity contribution in [3.8, 4) is 0 Å². The average molecular weight is 235 g/mol. The Labute approximate surface area is 105 Å². The number of hydrogen-bond acceptors (Lipinski definition) is 2. The Morgan fingerprint density at radius 1 is 1.41 bits per heavy atom. The van der Waals surface area contributed by atoms with E-state index in [0.29, 0.717) is 12.0 Å². The maximum absolute atomic E-state index is 4.45. The highest BCUT2D eigenvalue weighted by Gasteiger charge is 2.24. The molecule has 1 N–H and O–H groups in total. The van der Waals surface area contributed by atoms with E-state index in [1.807, 2.05) is 6.20 Å². The molecule has 0 aliphatic heterocycles. The van der Waals surface area contributed by atoms with E-state index < -0.39 is 0 Å². The van der Waals surface area contributed by atoms with Gasteiger partial charge in [0.2, 0.25) is 0 Å². The van der Waals surface area contributed by atoms with E-state index in [4.69, 9.17) is 0 Å². The van der Waals surface area contributed by atoms with Crippen molar-refractivity contribution in [3.63, 3.8) is 0 Å². The minimum Gasteiger partial charge on any atom is -0.314 e. The monoisotopic (exact) mass is 235 g/mol. The Morgan fingerprint density at radius 2 is 2.29 bits per heavy atom. The first kappa shape index (κ1) is 12.6. The van der Waals surface area contributed by atoms with Crippen LogP contribution in [0.5, 0.6) is 0 Å². The first-order valence-corrected chi connectivity index (χ1v) is 7.10. The molecule has 0 bridgehead atoms. The molecule has 2 unspecified atom stereocenters. The molecule has 3 nitrogen and oxygen atoms in total. The van der Waals surface area contributed by atoms with Gasteiger partial charge in [0, 0.05) is 30.4 Å². The van der Waals surface area contributed by atoms with Crippen LogP contribution in [0.1, 0.15) is 57.6 Å². The van der Waals surface area contributed by atoms with Crippen LogP contribution in [-0.2, 0) is 6.54 Å². The summed E-state index contributed by atoms with van der Waals surface area (Å²) in [5.74, 6) is 0.710. The number of aromatic nitrogens is 2. The van der Waals surface area contributed by atoms with Crippen molar-refractivity contribution in [2.75, 3.05) is 6.54 Å². The van der Waals surface area contributed by atoms with Crippen LogP contribution in [0.4, 0.5) is 0 Å². The maximum Gasteiger partial charge on any atom is 0.0492 e. The second-order valence-corrected chi connectivity index (χ2v) is 5.10. The van der Waals surface area contributed by atoms with Gasteiger partial charge in [0.15, 0.2) is 0 Å². The van der Waals surface area contributed by atoms with Gasteiger partial charge >= 0.3 is 0 Å². The number of hydrogen-bond donors (Lipinski definition) is 1. The third-order valence-electron chi connectivity index (χ3n) is 3.77. The summed E-state index contributed by atoms with van der Waals surface area (Å²) in [5, 5.41) is 8.05. The lowest BCUT2D eigenvalue weighted by Crippen LogP contribution is -2.33. The molecule has 1 aromatic heterocycles. The zero-order valence-electron chi connectivity index (χ0n) is 11.2. The van der Waals surface area contributed by atoms with E-state index in [9.17, 15) is 0 Å². The molecule has 1 fully saturated rings. The SMILES string of the molecule is CCCn1nccc1C1CCCC(NCC)C1. The Bertz CT molecular complexity index is 330. The van der Waals surface area contributed by atoms with E-state index in [-0.39, 0.29) is 0 Å². The summed E-state index contributed by atoms with van der Waals surface area (Å²) in [7, 11) is 0. The van der Waals surface area contributed by atoms with Gasteiger partial charge in [-0.3, -0.25) is 4.68 Å². The van der Waals surface area contributed by atoms with Crippen molar-refractivity contribution in [2.24, 2.45) is 0 Å². The maximum atomic E-state index is 4.45. The van der Waals surface area contributed by atoms with Crippen molar-refractivity contribution in [2.45, 2.75) is 64.5 Å². The van der Waals surface area contributed by atoms with Gasteiger partial charge in [0.1, 0.15) is 0 Å². The summed E-state index contributed by atoms with van der Waals surface area (Å²) >= 11 is 0. The molecular formula is C14H25N3. The molecule has 2 atom stereocenters. The molecule has 2 rings (SSSR count). The normalized spacial score (nSPS) is 25.1. The Morgan fingerprint density at radius 3 is 3.06 bits per heavy atom. The Kier molecular flexibility index (Phi) is 4.60. The zero-order valence-corrected chi connectivity index (χ0v) is 11.2. The Balaban J connectivity index is 2.02. The minimum absolute atomic E-state index is 0.710. The fraction of sp³-hybridized carbons (Fsp3) is 0.786. The molecule has 0 spiro atoms. The molecule has 1 aromatic rings. The molecule has 96 valence electrons. The molecule has 0 radical (unpaired) electrons. The quantitative estimate of drug-likeness (QED) is 0.850. The molecule has 0 aromatic carbocycles. The van der Waals surface area contributed by atoms with Crippen LogP contribution >= 0.6 is 0 Å². The van der Waals surface area contributed by atoms with Crippen LogP contribution < -0.4 is 5.32 Å². The average Bonchev–Trinajstić information content (AvgIpc) is 2.79. The molecule has 1 aliphatic rings. The first-order valence-electron chi connectivity index (χ1n) is 7.10. The summed E-state index contributed by atoms with van der Waals surface area (Å²) in [4.78, 5) is 0. The van der Waals surface area contributed by atoms with Crippen molar-refractivity contribution < 1.29 is 0 Å². The van der Waals surface area contributed by atoms with Crippen LogP contribution in [0.15, 0.2) is 12.3 Å². The summed E-state index contributed by atoms with van der Waals surface area (Å²) in [5.41, 5.74) is 1.45. The van der Waals surface area contributed by atoms with Gasteiger partial charge in [0.05, 0.1) is 0 Å². The van der Waals surface area contributed by atoms with Crippen LogP contribution in [0, 0.1) is 0 Å². The fourth-order valence-corrected chi connectivity index (χ4v) is 3.02. The van der Waals surface area contributed by atoms with E-state index in [1.165, 1.54) is 31.4 Å². The van der Waals surface area contributed by atoms with E-state index in [0.717, 1.165) is 19.5 Å². The highest BCUT2D eigenvalue weighted by atomic mass is 15.3. The molecule has 0 amide bonds. The lowest BCUT2D eigenvalue weighted by atomic mass is 9.83. The predicted octanol–water partition coefficient (Wildman–Crippen LogP) is 2.93. The molecular weight excluding hydrogens is 210 g/mol. The molecule has 17 heavy (non-hydrogen) atoms. The summed E-state index contributed by atoms with van der Waals surface area (Å²) < 4.78 is 2.21. The highest BCUT2D eigenvalue weighted by Crippen LogP contribution is 2.32. The topological polar surface area (TPSA) is 29.9 Å². The minimum atomic E-state index is 0.710. The summed E-state index contributed by atoms with van der Waals surface area (Å²) in [6, 6.07) is 2.93. The van der Waals surface area contributed by atoms with Gasteiger partial charge in [-0.05, 0) is 38.3 Å². The summed E-state index contributed by atoms with van der Waals surface area (Å²) in [6.07, 6.45) is 8.42. The summed E-state index contributed by atoms with van der Waals surface area (Å²) in [6.45, 7) is 6.56. The number of nitrogens with one attached hydrogen (secondary N) is 1. The van der Waals surface area contributed by atoms with Crippen LogP contribution in [0.25, 0.3) is 0 Å². The van der Waals surface area contributed by atoms with Crippen LogP contribution in [0.2, 0.25) is 0 Å². The van der Waals surface area contributed by atoms with E-state index in [2.05, 4.69) is 35.0 Å². The molecule has 0 saturated heterocycles. The standard InChI is InChI=1S/C14H25N3/c1-3-10-17-14(8-9-16-17)12-6-5-7-13(11-12)15-4-2/h8-9,12-13,15H,3-7,10-11H2,1-2H3. The smallest absolute Gasteiger partial charge is 0.0492 e. The lowest BCUT2D eigenvalue weighted by Gasteiger charge is -2.30. The zero-order chi connectivity index (χ0) is 12.1. The number of aryl methyl sites for hydroxylation is 1. The van der Waals surface area contributed by atoms with E-state index >= 15 is 0 Å². The number of nitrogens with zero attached hydrogens (tertiary/aromatic N) is 2. The molecule has 1 aliphatic carbocycles. The highest BCUT2D eigenvalue weighted by molar-refractivity contribution is 5.10. The largest absolute Gasteiger partial charge is 0.314 e. The van der Waals surface area contributed by atoms with E-state index in [1.54, 1.807) is 0 Å². The van der Waals surface area contributed by atoms with Gasteiger partial charge in [-0.15, -0.1) is 0 Å². The lowest BCUT2D eigenvalue weighted by molar-refractivity contribution is 0.332. The van der Waals surface area contributed by atoms with Gasteiger partial charge in [-0.25, -0.2) is 0 Å². The first-order chi connectivity index (χ1) is 8.35. The van der Waals surface area contributed by atoms with Gasteiger partial charge in [-0.1, -0.05) is 20.3 Å². The van der Waals surface area contributed by atoms with Gasteiger partial charge in [0.25, 0.3) is 0 Å². The van der Waals surface area contributed by atoms with Crippen molar-refractivity contribution in [1.82, 2.24) is 15.1 Å². The molecule has 3 heteroatoms.